The molecule has 1 amide bonds. The summed E-state index contributed by atoms with van der Waals surface area (Å²) in [5.74, 6) is 0.652. The number of nitrogen functional groups attached to an aromatic ring is 1. The Kier molecular flexibility index (Phi) is 2.73. The Balaban J connectivity index is 2.05. The first-order valence-corrected chi connectivity index (χ1v) is 5.57. The average molecular weight is 239 g/mol. The maximum Gasteiger partial charge on any atom is 0.410 e. The zero-order valence-electron chi connectivity index (χ0n) is 10.3. The average Bonchev–Trinajstić information content (AvgIpc) is 2.53. The molecule has 1 aliphatic heterocycles. The molecule has 0 radical (unpaired) electrons. The summed E-state index contributed by atoms with van der Waals surface area (Å²) < 4.78 is 10.5. The molecule has 2 rings (SSSR count). The summed E-state index contributed by atoms with van der Waals surface area (Å²) in [6.07, 6.45) is 0.313. The Morgan fingerprint density at radius 1 is 1.53 bits per heavy atom. The van der Waals surface area contributed by atoms with E-state index in [4.69, 9.17) is 14.9 Å². The van der Waals surface area contributed by atoms with E-state index in [1.165, 1.54) is 0 Å². The van der Waals surface area contributed by atoms with Crippen LogP contribution in [0.15, 0.2) is 4.42 Å². The van der Waals surface area contributed by atoms with Crippen molar-refractivity contribution in [2.45, 2.75) is 39.3 Å². The highest BCUT2D eigenvalue weighted by atomic mass is 16.6. The van der Waals surface area contributed by atoms with Crippen molar-refractivity contribution < 1.29 is 13.9 Å². The van der Waals surface area contributed by atoms with Crippen LogP contribution in [0.3, 0.4) is 0 Å². The molecule has 0 aliphatic carbocycles. The van der Waals surface area contributed by atoms with Gasteiger partial charge in [0.1, 0.15) is 11.4 Å². The van der Waals surface area contributed by atoms with Crippen molar-refractivity contribution in [1.82, 2.24) is 9.88 Å². The number of nitrogens with two attached hydrogens (primary N) is 1. The maximum absolute atomic E-state index is 11.8. The van der Waals surface area contributed by atoms with Crippen LogP contribution < -0.4 is 5.73 Å². The number of oxazole rings is 1. The van der Waals surface area contributed by atoms with Gasteiger partial charge in [-0.05, 0) is 20.8 Å². The third-order valence-corrected chi connectivity index (χ3v) is 2.40. The van der Waals surface area contributed by atoms with Gasteiger partial charge in [0.2, 0.25) is 0 Å². The van der Waals surface area contributed by atoms with Crippen LogP contribution in [0.25, 0.3) is 0 Å². The summed E-state index contributed by atoms with van der Waals surface area (Å²) >= 11 is 0. The number of amides is 1. The molecule has 6 heteroatoms. The maximum atomic E-state index is 11.8. The molecule has 0 fully saturated rings. The summed E-state index contributed by atoms with van der Waals surface area (Å²) in [5, 5.41) is 0. The molecule has 0 saturated heterocycles. The van der Waals surface area contributed by atoms with Gasteiger partial charge in [0.15, 0.2) is 0 Å². The van der Waals surface area contributed by atoms with Crippen molar-refractivity contribution in [3.05, 3.63) is 11.5 Å². The largest absolute Gasteiger partial charge is 0.444 e. The third-order valence-electron chi connectivity index (χ3n) is 2.40. The molecule has 0 saturated carbocycles. The summed E-state index contributed by atoms with van der Waals surface area (Å²) in [6, 6.07) is 0.154. The number of anilines is 1. The van der Waals surface area contributed by atoms with Gasteiger partial charge in [-0.2, -0.15) is 4.98 Å². The minimum Gasteiger partial charge on any atom is -0.444 e. The lowest BCUT2D eigenvalue weighted by Crippen LogP contribution is -2.39. The highest BCUT2D eigenvalue weighted by Crippen LogP contribution is 2.22. The highest BCUT2D eigenvalue weighted by molar-refractivity contribution is 5.68. The smallest absolute Gasteiger partial charge is 0.410 e. The lowest BCUT2D eigenvalue weighted by Gasteiger charge is -2.28. The van der Waals surface area contributed by atoms with E-state index in [9.17, 15) is 4.79 Å². The van der Waals surface area contributed by atoms with Gasteiger partial charge in [-0.1, -0.05) is 0 Å². The van der Waals surface area contributed by atoms with Gasteiger partial charge in [0.05, 0.1) is 12.2 Å². The lowest BCUT2D eigenvalue weighted by molar-refractivity contribution is 0.0209. The molecule has 0 atom stereocenters. The van der Waals surface area contributed by atoms with Crippen molar-refractivity contribution in [1.29, 1.82) is 0 Å². The molecule has 1 aromatic rings. The van der Waals surface area contributed by atoms with Gasteiger partial charge in [-0.15, -0.1) is 0 Å². The molecule has 1 aromatic heterocycles. The van der Waals surface area contributed by atoms with Crippen LogP contribution >= 0.6 is 0 Å². The zero-order chi connectivity index (χ0) is 12.6. The summed E-state index contributed by atoms with van der Waals surface area (Å²) in [5.41, 5.74) is 5.82. The number of nitrogens with zero attached hydrogens (tertiary/aromatic N) is 2. The molecule has 1 aliphatic rings. The predicted molar refractivity (Wildman–Crippen MR) is 61.3 cm³/mol. The quantitative estimate of drug-likeness (QED) is 0.742. The molecule has 6 nitrogen and oxygen atoms in total. The molecule has 0 spiro atoms. The molecule has 94 valence electrons. The number of hydrogen-bond acceptors (Lipinski definition) is 5. The van der Waals surface area contributed by atoms with Gasteiger partial charge in [-0.25, -0.2) is 4.79 Å². The number of carbonyl (C=O) groups is 1. The Morgan fingerprint density at radius 2 is 2.24 bits per heavy atom. The fourth-order valence-electron chi connectivity index (χ4n) is 1.70. The van der Waals surface area contributed by atoms with E-state index in [2.05, 4.69) is 4.98 Å². The normalized spacial score (nSPS) is 15.6. The van der Waals surface area contributed by atoms with E-state index in [0.717, 1.165) is 5.69 Å². The van der Waals surface area contributed by atoms with Gasteiger partial charge in [0, 0.05) is 13.0 Å². The van der Waals surface area contributed by atoms with Crippen LogP contribution in [0, 0.1) is 0 Å². The van der Waals surface area contributed by atoms with Crippen LogP contribution in [0.5, 0.6) is 0 Å². The Bertz CT molecular complexity index is 434. The number of hydrogen-bond donors (Lipinski definition) is 1. The van der Waals surface area contributed by atoms with Gasteiger partial charge in [0.25, 0.3) is 6.01 Å². The second kappa shape index (κ2) is 3.94. The molecule has 0 unspecified atom stereocenters. The first-order chi connectivity index (χ1) is 7.85. The topological polar surface area (TPSA) is 81.6 Å². The fourth-order valence-corrected chi connectivity index (χ4v) is 1.70. The third kappa shape index (κ3) is 2.69. The van der Waals surface area contributed by atoms with E-state index in [1.54, 1.807) is 4.90 Å². The zero-order valence-corrected chi connectivity index (χ0v) is 10.3. The highest BCUT2D eigenvalue weighted by Gasteiger charge is 2.28. The van der Waals surface area contributed by atoms with E-state index >= 15 is 0 Å². The van der Waals surface area contributed by atoms with E-state index in [-0.39, 0.29) is 12.1 Å². The summed E-state index contributed by atoms with van der Waals surface area (Å²) in [6.45, 7) is 6.47. The number of rotatable bonds is 0. The fraction of sp³-hybridized carbons (Fsp3) is 0.636. The number of ether oxygens (including phenoxy) is 1. The molecular weight excluding hydrogens is 222 g/mol. The predicted octanol–water partition coefficient (Wildman–Crippen LogP) is 1.55. The van der Waals surface area contributed by atoms with Gasteiger partial charge in [-0.3, -0.25) is 0 Å². The number of aromatic nitrogens is 1. The Labute approximate surface area is 99.7 Å². The first-order valence-electron chi connectivity index (χ1n) is 5.57. The van der Waals surface area contributed by atoms with Crippen LogP contribution in [0.4, 0.5) is 10.8 Å². The number of fused-ring (bicyclic) bond motifs is 1. The monoisotopic (exact) mass is 239 g/mol. The molecule has 17 heavy (non-hydrogen) atoms. The first kappa shape index (κ1) is 11.8. The van der Waals surface area contributed by atoms with Crippen molar-refractivity contribution in [2.24, 2.45) is 0 Å². The molecule has 0 aromatic carbocycles. The van der Waals surface area contributed by atoms with Crippen LogP contribution in [0.1, 0.15) is 32.2 Å². The number of carbonyl (C=O) groups excluding carboxylic acids is 1. The molecule has 2 heterocycles. The Hall–Kier alpha value is -1.72. The minimum atomic E-state index is -0.488. The second-order valence-electron chi connectivity index (χ2n) is 5.07. The van der Waals surface area contributed by atoms with Crippen molar-refractivity contribution in [3.8, 4) is 0 Å². The van der Waals surface area contributed by atoms with E-state index in [1.807, 2.05) is 20.8 Å². The van der Waals surface area contributed by atoms with E-state index < -0.39 is 5.60 Å². The molecule has 2 N–H and O–H groups in total. The standard InChI is InChI=1S/C11H17N3O3/c1-11(2,3)17-10(15)14-5-4-7-8(6-14)16-9(12)13-7/h4-6H2,1-3H3,(H2,12,13). The van der Waals surface area contributed by atoms with Gasteiger partial charge >= 0.3 is 6.09 Å². The van der Waals surface area contributed by atoms with Crippen molar-refractivity contribution in [2.75, 3.05) is 12.3 Å². The van der Waals surface area contributed by atoms with Crippen molar-refractivity contribution >= 4 is 12.1 Å². The molecule has 0 bridgehead atoms. The van der Waals surface area contributed by atoms with Crippen LogP contribution in [0.2, 0.25) is 0 Å². The summed E-state index contributed by atoms with van der Waals surface area (Å²) in [7, 11) is 0. The van der Waals surface area contributed by atoms with Crippen molar-refractivity contribution in [3.63, 3.8) is 0 Å². The molecular formula is C11H17N3O3. The van der Waals surface area contributed by atoms with E-state index in [0.29, 0.717) is 25.3 Å². The Morgan fingerprint density at radius 3 is 2.88 bits per heavy atom. The van der Waals surface area contributed by atoms with Crippen LogP contribution in [-0.2, 0) is 17.7 Å². The summed E-state index contributed by atoms with van der Waals surface area (Å²) in [4.78, 5) is 17.5. The minimum absolute atomic E-state index is 0.154. The van der Waals surface area contributed by atoms with Gasteiger partial charge < -0.3 is 19.8 Å². The second-order valence-corrected chi connectivity index (χ2v) is 5.07. The van der Waals surface area contributed by atoms with Crippen LogP contribution in [-0.4, -0.2) is 28.1 Å². The SMILES string of the molecule is CC(C)(C)OC(=O)N1CCc2nc(N)oc2C1. The lowest BCUT2D eigenvalue weighted by atomic mass is 10.1.